The quantitative estimate of drug-likeness (QED) is 0.0141. The molecule has 2 fully saturated rings. The van der Waals surface area contributed by atoms with Crippen LogP contribution < -0.4 is 16.0 Å². The number of hydroxylamine groups is 1. The molecule has 27 nitrogen and oxygen atoms in total. The summed E-state index contributed by atoms with van der Waals surface area (Å²) in [5, 5.41) is 22.0. The second-order valence-electron chi connectivity index (χ2n) is 19.2. The van der Waals surface area contributed by atoms with E-state index in [1.54, 1.807) is 13.8 Å². The summed E-state index contributed by atoms with van der Waals surface area (Å²) in [4.78, 5) is 139. The Labute approximate surface area is 476 Å². The van der Waals surface area contributed by atoms with Gasteiger partial charge in [0.1, 0.15) is 25.4 Å². The van der Waals surface area contributed by atoms with Crippen molar-refractivity contribution in [1.82, 2.24) is 16.0 Å². The molecule has 0 aromatic heterocycles. The van der Waals surface area contributed by atoms with Gasteiger partial charge in [-0.1, -0.05) is 40.1 Å². The highest BCUT2D eigenvalue weighted by Gasteiger charge is 2.56. The van der Waals surface area contributed by atoms with E-state index >= 15 is 0 Å². The Kier molecular flexibility index (Phi) is 29.2. The number of nitrogens with one attached hydrogen (secondary N) is 3. The van der Waals surface area contributed by atoms with Crippen LogP contribution in [0.25, 0.3) is 0 Å². The van der Waals surface area contributed by atoms with Gasteiger partial charge < -0.3 is 73.3 Å². The van der Waals surface area contributed by atoms with E-state index in [4.69, 9.17) is 52.1 Å². The van der Waals surface area contributed by atoms with E-state index in [9.17, 15) is 57.9 Å². The van der Waals surface area contributed by atoms with E-state index in [0.29, 0.717) is 40.5 Å². The molecule has 0 radical (unpaired) electrons. The monoisotopic (exact) mass is 1190 g/mol. The van der Waals surface area contributed by atoms with Crippen LogP contribution >= 0.6 is 21.6 Å². The number of amides is 3. The molecule has 3 amide bonds. The van der Waals surface area contributed by atoms with Gasteiger partial charge in [-0.05, 0) is 43.4 Å². The molecule has 3 N–H and O–H groups in total. The second kappa shape index (κ2) is 34.5. The number of esters is 8. The number of carbonyl (C=O) groups excluding carboxylic acids is 11. The summed E-state index contributed by atoms with van der Waals surface area (Å²) >= 11 is 0. The molecule has 1 aromatic carbocycles. The van der Waals surface area contributed by atoms with E-state index in [1.807, 2.05) is 21.6 Å². The number of hydrogen-bond donors (Lipinski definition) is 3. The number of alkyl carbamates (subject to hydrolysis) is 1. The standard InChI is InChI=1S/C52H74N4O23S2/c1-29(57)69-26-40(72-31(3)59)44(79-50-48(77-36(8)64)46(75-34(6)62)43(73-32(4)60)41(78-50)27-70-30(2)58)45(74-33(5)61)47(76-35(7)63)49(66)55-24-37-16-18-38(19-17-37)25-56(68)52(9,10)28-71-51(67)54-22-13-21-53-42(65)15-12-11-14-39-20-23-80-81-39/h16-19,25,39-41,43-48,50H,11-15,20-24,26-28H2,1-10H3,(H,53,65)(H,54,67)(H,55,66)/b56-25-/t39?,40-,41-,43+,44-,45+,46+,47-,48-,50+/m1/s1. The van der Waals surface area contributed by atoms with Crippen molar-refractivity contribution in [2.45, 2.75) is 180 Å². The molecule has 10 atom stereocenters. The first-order valence-corrected chi connectivity index (χ1v) is 28.3. The van der Waals surface area contributed by atoms with Gasteiger partial charge in [0, 0.05) is 112 Å². The van der Waals surface area contributed by atoms with Gasteiger partial charge in [-0.2, -0.15) is 0 Å². The highest BCUT2D eigenvalue weighted by molar-refractivity contribution is 8.77. The van der Waals surface area contributed by atoms with Crippen molar-refractivity contribution >= 4 is 93.5 Å². The van der Waals surface area contributed by atoms with Crippen molar-refractivity contribution in [2.24, 2.45) is 0 Å². The maximum absolute atomic E-state index is 14.3. The minimum absolute atomic E-state index is 0.0387. The zero-order valence-corrected chi connectivity index (χ0v) is 48.6. The molecule has 2 aliphatic rings. The van der Waals surface area contributed by atoms with E-state index in [1.165, 1.54) is 42.7 Å². The molecule has 0 aliphatic carbocycles. The van der Waals surface area contributed by atoms with Crippen molar-refractivity contribution in [1.29, 1.82) is 0 Å². The maximum atomic E-state index is 14.3. The zero-order chi connectivity index (χ0) is 60.4. The van der Waals surface area contributed by atoms with E-state index in [-0.39, 0.29) is 25.6 Å². The van der Waals surface area contributed by atoms with Gasteiger partial charge in [0.2, 0.25) is 17.6 Å². The molecular formula is C52H74N4O23S2. The van der Waals surface area contributed by atoms with Gasteiger partial charge >= 0.3 is 53.8 Å². The van der Waals surface area contributed by atoms with Crippen LogP contribution in [0, 0.1) is 5.21 Å². The summed E-state index contributed by atoms with van der Waals surface area (Å²) in [6, 6.07) is 6.13. The van der Waals surface area contributed by atoms with Crippen LogP contribution in [0.3, 0.4) is 0 Å². The third kappa shape index (κ3) is 25.7. The third-order valence-electron chi connectivity index (χ3n) is 11.6. The Morgan fingerprint density at radius 1 is 0.691 bits per heavy atom. The first-order valence-electron chi connectivity index (χ1n) is 25.9. The fourth-order valence-corrected chi connectivity index (χ4v) is 10.9. The van der Waals surface area contributed by atoms with Crippen LogP contribution in [0.1, 0.15) is 119 Å². The second-order valence-corrected chi connectivity index (χ2v) is 22.0. The molecule has 29 heteroatoms. The summed E-state index contributed by atoms with van der Waals surface area (Å²) in [5.41, 5.74) is -0.433. The lowest BCUT2D eigenvalue weighted by Gasteiger charge is -2.46. The van der Waals surface area contributed by atoms with Gasteiger partial charge in [-0.3, -0.25) is 47.9 Å². The Bertz CT molecular complexity index is 2370. The van der Waals surface area contributed by atoms with Crippen LogP contribution in [0.2, 0.25) is 0 Å². The van der Waals surface area contributed by atoms with Gasteiger partial charge in [-0.25, -0.2) is 9.53 Å². The normalized spacial score (nSPS) is 20.3. The van der Waals surface area contributed by atoms with Crippen LogP contribution in [0.4, 0.5) is 4.79 Å². The average Bonchev–Trinajstić information content (AvgIpc) is 3.90. The number of ether oxygens (including phenoxy) is 11. The molecule has 0 spiro atoms. The first-order chi connectivity index (χ1) is 38.1. The molecule has 1 aromatic rings. The smallest absolute Gasteiger partial charge is 0.407 e. The van der Waals surface area contributed by atoms with Gasteiger partial charge in [0.05, 0.1) is 0 Å². The molecule has 2 heterocycles. The highest BCUT2D eigenvalue weighted by atomic mass is 33.1. The topological polar surface area (TPSA) is 351 Å². The lowest BCUT2D eigenvalue weighted by Crippen LogP contribution is -2.65. The molecule has 0 saturated carbocycles. The number of hydrogen-bond acceptors (Lipinski definition) is 25. The molecule has 0 bridgehead atoms. The number of carbonyl (C=O) groups is 11. The lowest BCUT2D eigenvalue weighted by atomic mass is 9.97. The molecule has 2 saturated heterocycles. The van der Waals surface area contributed by atoms with Crippen molar-refractivity contribution in [3.8, 4) is 0 Å². The number of unbranched alkanes of at least 4 members (excludes halogenated alkanes) is 1. The SMILES string of the molecule is CC(=O)OC[C@H]1O[C@@H](O[C@@H]([C@H](OC(C)=O)[C@@H](OC(C)=O)C(=O)NCc2ccc(/C=[N+](\[O-])C(C)(C)COC(=O)NCCCNC(=O)CCCCC3CCSS3)cc2)[C@@H](COC(C)=O)OC(C)=O)[C@H](OC(C)=O)[C@@H](OC(C)=O)[C@H]1OC(C)=O. The third-order valence-corrected chi connectivity index (χ3v) is 14.6. The minimum atomic E-state index is -2.22. The summed E-state index contributed by atoms with van der Waals surface area (Å²) in [5.74, 6) is -8.14. The van der Waals surface area contributed by atoms with E-state index in [2.05, 4.69) is 16.0 Å². The van der Waals surface area contributed by atoms with Crippen LogP contribution in [0.5, 0.6) is 0 Å². The Morgan fingerprint density at radius 3 is 1.88 bits per heavy atom. The van der Waals surface area contributed by atoms with Crippen LogP contribution in [-0.2, 0) is 107 Å². The molecular weight excluding hydrogens is 1110 g/mol. The van der Waals surface area contributed by atoms with Crippen molar-refractivity contribution in [2.75, 3.05) is 38.7 Å². The Morgan fingerprint density at radius 2 is 1.30 bits per heavy atom. The van der Waals surface area contributed by atoms with Crippen LogP contribution in [-0.4, -0.2) is 181 Å². The molecule has 452 valence electrons. The average molecular weight is 1190 g/mol. The number of benzene rings is 1. The van der Waals surface area contributed by atoms with Crippen LogP contribution in [0.15, 0.2) is 24.3 Å². The molecule has 3 rings (SSSR count). The van der Waals surface area contributed by atoms with Gasteiger partial charge in [0.15, 0.2) is 49.6 Å². The summed E-state index contributed by atoms with van der Waals surface area (Å²) < 4.78 is 61.6. The Hall–Kier alpha value is -6.72. The highest BCUT2D eigenvalue weighted by Crippen LogP contribution is 2.40. The predicted molar refractivity (Wildman–Crippen MR) is 285 cm³/mol. The van der Waals surface area contributed by atoms with Crippen molar-refractivity contribution in [3.63, 3.8) is 0 Å². The lowest BCUT2D eigenvalue weighted by molar-refractivity contribution is -0.539. The molecule has 1 unspecified atom stereocenters. The predicted octanol–water partition coefficient (Wildman–Crippen LogP) is 2.78. The fraction of sp³-hybridized carbons (Fsp3) is 0.654. The van der Waals surface area contributed by atoms with E-state index < -0.39 is 134 Å². The van der Waals surface area contributed by atoms with Gasteiger partial charge in [-0.15, -0.1) is 0 Å². The first kappa shape index (κ1) is 68.6. The van der Waals surface area contributed by atoms with E-state index in [0.717, 1.165) is 74.7 Å². The van der Waals surface area contributed by atoms with Crippen molar-refractivity contribution < 1.29 is 110 Å². The maximum Gasteiger partial charge on any atom is 0.407 e. The zero-order valence-electron chi connectivity index (χ0n) is 47.0. The summed E-state index contributed by atoms with van der Waals surface area (Å²) in [6.07, 6.45) is -12.0. The summed E-state index contributed by atoms with van der Waals surface area (Å²) in [7, 11) is 3.82. The molecule has 2 aliphatic heterocycles. The number of rotatable bonds is 31. The molecule has 81 heavy (non-hydrogen) atoms. The van der Waals surface area contributed by atoms with Gasteiger partial charge in [0.25, 0.3) is 5.91 Å². The largest absolute Gasteiger partial charge is 0.623 e. The fourth-order valence-electron chi connectivity index (χ4n) is 7.88. The Balaban J connectivity index is 1.85. The summed E-state index contributed by atoms with van der Waals surface area (Å²) in [6.45, 7) is 9.15. The number of nitrogens with zero attached hydrogens (tertiary/aromatic N) is 1. The minimum Gasteiger partial charge on any atom is -0.623 e. The van der Waals surface area contributed by atoms with Crippen molar-refractivity contribution in [3.05, 3.63) is 40.6 Å².